The molecule has 0 aliphatic heterocycles. The van der Waals surface area contributed by atoms with Crippen molar-refractivity contribution in [3.63, 3.8) is 0 Å². The molecular weight excluding hydrogens is 324 g/mol. The second kappa shape index (κ2) is 7.75. The maximum absolute atomic E-state index is 12.5. The molecule has 1 saturated carbocycles. The number of fused-ring (bicyclic) bond motifs is 1. The van der Waals surface area contributed by atoms with Crippen LogP contribution in [0, 0.1) is 5.92 Å². The fourth-order valence-corrected chi connectivity index (χ4v) is 4.16. The van der Waals surface area contributed by atoms with E-state index >= 15 is 0 Å². The molecule has 1 aromatic heterocycles. The molecule has 0 atom stereocenters. The van der Waals surface area contributed by atoms with Gasteiger partial charge in [0.25, 0.3) is 5.91 Å². The SMILES string of the molecule is CCOC(=O)Cn1c(=NC(=O)C2CCCCC2)sc2ccccc21. The van der Waals surface area contributed by atoms with Gasteiger partial charge in [-0.1, -0.05) is 42.7 Å². The van der Waals surface area contributed by atoms with Crippen molar-refractivity contribution in [1.82, 2.24) is 4.57 Å². The Bertz CT molecular complexity index is 800. The van der Waals surface area contributed by atoms with E-state index in [0.29, 0.717) is 11.4 Å². The lowest BCUT2D eigenvalue weighted by Gasteiger charge is -2.17. The summed E-state index contributed by atoms with van der Waals surface area (Å²) in [5, 5.41) is 0. The van der Waals surface area contributed by atoms with Crippen molar-refractivity contribution < 1.29 is 14.3 Å². The van der Waals surface area contributed by atoms with Gasteiger partial charge in [0, 0.05) is 5.92 Å². The van der Waals surface area contributed by atoms with Crippen molar-refractivity contribution in [3.05, 3.63) is 29.1 Å². The number of nitrogens with zero attached hydrogens (tertiary/aromatic N) is 2. The molecule has 0 N–H and O–H groups in total. The van der Waals surface area contributed by atoms with Crippen LogP contribution in [0.25, 0.3) is 10.2 Å². The van der Waals surface area contributed by atoms with Crippen LogP contribution in [0.3, 0.4) is 0 Å². The molecule has 5 nitrogen and oxygen atoms in total. The summed E-state index contributed by atoms with van der Waals surface area (Å²) in [6, 6.07) is 7.78. The zero-order valence-corrected chi connectivity index (χ0v) is 14.7. The minimum absolute atomic E-state index is 0.0278. The Morgan fingerprint density at radius 3 is 2.75 bits per heavy atom. The van der Waals surface area contributed by atoms with Crippen LogP contribution in [-0.2, 0) is 20.9 Å². The molecule has 3 rings (SSSR count). The molecule has 0 radical (unpaired) electrons. The highest BCUT2D eigenvalue weighted by Crippen LogP contribution is 2.25. The Labute approximate surface area is 145 Å². The normalized spacial score (nSPS) is 16.5. The van der Waals surface area contributed by atoms with Crippen LogP contribution in [0.1, 0.15) is 39.0 Å². The summed E-state index contributed by atoms with van der Waals surface area (Å²) in [7, 11) is 0. The highest BCUT2D eigenvalue weighted by atomic mass is 32.1. The van der Waals surface area contributed by atoms with E-state index in [1.807, 2.05) is 24.3 Å². The van der Waals surface area contributed by atoms with Gasteiger partial charge in [0.05, 0.1) is 16.8 Å². The Morgan fingerprint density at radius 2 is 2.00 bits per heavy atom. The van der Waals surface area contributed by atoms with Gasteiger partial charge in [-0.3, -0.25) is 9.59 Å². The van der Waals surface area contributed by atoms with Crippen LogP contribution in [0.15, 0.2) is 29.3 Å². The fraction of sp³-hybridized carbons (Fsp3) is 0.500. The van der Waals surface area contributed by atoms with Gasteiger partial charge in [-0.15, -0.1) is 0 Å². The standard InChI is InChI=1S/C18H22N2O3S/c1-2-23-16(21)12-20-14-10-6-7-11-15(14)24-18(20)19-17(22)13-8-4-3-5-9-13/h6-7,10-11,13H,2-5,8-9,12H2,1H3. The van der Waals surface area contributed by atoms with E-state index in [9.17, 15) is 9.59 Å². The monoisotopic (exact) mass is 346 g/mol. The molecule has 1 heterocycles. The van der Waals surface area contributed by atoms with E-state index in [-0.39, 0.29) is 24.3 Å². The Kier molecular flexibility index (Phi) is 5.45. The van der Waals surface area contributed by atoms with Gasteiger partial charge in [-0.05, 0) is 31.9 Å². The molecular formula is C18H22N2O3S. The number of hydrogen-bond donors (Lipinski definition) is 0. The molecule has 0 spiro atoms. The topological polar surface area (TPSA) is 60.7 Å². The molecule has 128 valence electrons. The van der Waals surface area contributed by atoms with Crippen molar-refractivity contribution in [2.75, 3.05) is 6.61 Å². The first-order valence-electron chi connectivity index (χ1n) is 8.51. The lowest BCUT2D eigenvalue weighted by molar-refractivity contribution is -0.143. The first-order valence-corrected chi connectivity index (χ1v) is 9.33. The number of thiazole rings is 1. The highest BCUT2D eigenvalue weighted by molar-refractivity contribution is 7.16. The molecule has 0 unspecified atom stereocenters. The lowest BCUT2D eigenvalue weighted by atomic mass is 9.89. The quantitative estimate of drug-likeness (QED) is 0.798. The average Bonchev–Trinajstić information content (AvgIpc) is 2.93. The molecule has 1 fully saturated rings. The number of para-hydroxylation sites is 1. The number of carbonyl (C=O) groups excluding carboxylic acids is 2. The highest BCUT2D eigenvalue weighted by Gasteiger charge is 2.21. The lowest BCUT2D eigenvalue weighted by Crippen LogP contribution is -2.25. The minimum Gasteiger partial charge on any atom is -0.465 e. The van der Waals surface area contributed by atoms with Crippen LogP contribution in [0.5, 0.6) is 0 Å². The van der Waals surface area contributed by atoms with Gasteiger partial charge in [0.2, 0.25) is 0 Å². The number of ether oxygens (including phenoxy) is 1. The summed E-state index contributed by atoms with van der Waals surface area (Å²) in [5.74, 6) is -0.341. The molecule has 2 aromatic rings. The predicted molar refractivity (Wildman–Crippen MR) is 93.6 cm³/mol. The zero-order valence-electron chi connectivity index (χ0n) is 13.9. The van der Waals surface area contributed by atoms with Gasteiger partial charge in [0.1, 0.15) is 6.54 Å². The van der Waals surface area contributed by atoms with Crippen LogP contribution >= 0.6 is 11.3 Å². The number of esters is 1. The fourth-order valence-electron chi connectivity index (χ4n) is 3.13. The number of hydrogen-bond acceptors (Lipinski definition) is 4. The molecule has 0 bridgehead atoms. The third-order valence-electron chi connectivity index (χ3n) is 4.34. The van der Waals surface area contributed by atoms with Crippen molar-refractivity contribution in [3.8, 4) is 0 Å². The van der Waals surface area contributed by atoms with Gasteiger partial charge in [-0.2, -0.15) is 4.99 Å². The average molecular weight is 346 g/mol. The van der Waals surface area contributed by atoms with Crippen molar-refractivity contribution >= 4 is 33.4 Å². The van der Waals surface area contributed by atoms with Crippen molar-refractivity contribution in [1.29, 1.82) is 0 Å². The number of rotatable bonds is 4. The van der Waals surface area contributed by atoms with E-state index in [1.54, 1.807) is 11.5 Å². The van der Waals surface area contributed by atoms with E-state index in [4.69, 9.17) is 4.74 Å². The maximum Gasteiger partial charge on any atom is 0.326 e. The van der Waals surface area contributed by atoms with Gasteiger partial charge >= 0.3 is 5.97 Å². The van der Waals surface area contributed by atoms with E-state index in [2.05, 4.69) is 4.99 Å². The molecule has 1 aliphatic carbocycles. The number of amides is 1. The smallest absolute Gasteiger partial charge is 0.326 e. The Balaban J connectivity index is 1.97. The number of carbonyl (C=O) groups is 2. The molecule has 1 amide bonds. The number of benzene rings is 1. The van der Waals surface area contributed by atoms with E-state index in [1.165, 1.54) is 17.8 Å². The molecule has 24 heavy (non-hydrogen) atoms. The van der Waals surface area contributed by atoms with Crippen LogP contribution in [0.2, 0.25) is 0 Å². The summed E-state index contributed by atoms with van der Waals surface area (Å²) < 4.78 is 7.86. The molecule has 1 aromatic carbocycles. The predicted octanol–water partition coefficient (Wildman–Crippen LogP) is 3.27. The first kappa shape index (κ1) is 16.9. The summed E-state index contributed by atoms with van der Waals surface area (Å²) >= 11 is 1.44. The van der Waals surface area contributed by atoms with Crippen molar-refractivity contribution in [2.24, 2.45) is 10.9 Å². The summed E-state index contributed by atoms with van der Waals surface area (Å²) in [6.07, 6.45) is 5.24. The first-order chi connectivity index (χ1) is 11.7. The summed E-state index contributed by atoms with van der Waals surface area (Å²) in [6.45, 7) is 2.20. The molecule has 0 saturated heterocycles. The van der Waals surface area contributed by atoms with Crippen LogP contribution in [-0.4, -0.2) is 23.1 Å². The second-order valence-corrected chi connectivity index (χ2v) is 7.04. The minimum atomic E-state index is -0.312. The van der Waals surface area contributed by atoms with E-state index in [0.717, 1.165) is 35.9 Å². The Morgan fingerprint density at radius 1 is 1.25 bits per heavy atom. The summed E-state index contributed by atoms with van der Waals surface area (Å²) in [5.41, 5.74) is 0.908. The zero-order chi connectivity index (χ0) is 16.9. The van der Waals surface area contributed by atoms with Crippen LogP contribution in [0.4, 0.5) is 0 Å². The third-order valence-corrected chi connectivity index (χ3v) is 5.40. The van der Waals surface area contributed by atoms with E-state index < -0.39 is 0 Å². The van der Waals surface area contributed by atoms with Crippen LogP contribution < -0.4 is 4.80 Å². The van der Waals surface area contributed by atoms with Gasteiger partial charge in [-0.25, -0.2) is 0 Å². The van der Waals surface area contributed by atoms with Crippen molar-refractivity contribution in [2.45, 2.75) is 45.6 Å². The molecule has 6 heteroatoms. The van der Waals surface area contributed by atoms with Gasteiger partial charge in [0.15, 0.2) is 4.80 Å². The van der Waals surface area contributed by atoms with Gasteiger partial charge < -0.3 is 9.30 Å². The maximum atomic E-state index is 12.5. The Hall–Kier alpha value is -1.95. The second-order valence-electron chi connectivity index (χ2n) is 6.03. The number of aromatic nitrogens is 1. The third kappa shape index (κ3) is 3.75. The largest absolute Gasteiger partial charge is 0.465 e. The molecule has 1 aliphatic rings. The summed E-state index contributed by atoms with van der Waals surface area (Å²) in [4.78, 5) is 29.4.